The van der Waals surface area contributed by atoms with Gasteiger partial charge in [-0.2, -0.15) is 5.10 Å². The highest BCUT2D eigenvalue weighted by Gasteiger charge is 2.22. The molecule has 7 nitrogen and oxygen atoms in total. The molecular weight excluding hydrogens is 402 g/mol. The summed E-state index contributed by atoms with van der Waals surface area (Å²) in [6.45, 7) is 4.91. The summed E-state index contributed by atoms with van der Waals surface area (Å²) >= 11 is 1.28. The number of anilines is 1. The van der Waals surface area contributed by atoms with Gasteiger partial charge in [-0.15, -0.1) is 11.3 Å². The molecule has 1 N–H and O–H groups in total. The quantitative estimate of drug-likeness (QED) is 0.606. The van der Waals surface area contributed by atoms with E-state index in [2.05, 4.69) is 15.4 Å². The number of methoxy groups -OCH3 is 1. The molecule has 3 rings (SSSR count). The van der Waals surface area contributed by atoms with Crippen LogP contribution in [0.15, 0.2) is 12.1 Å². The van der Waals surface area contributed by atoms with Crippen LogP contribution in [0.1, 0.15) is 45.5 Å². The van der Waals surface area contributed by atoms with E-state index in [0.717, 1.165) is 4.88 Å². The summed E-state index contributed by atoms with van der Waals surface area (Å²) in [7, 11) is 1.27. The molecule has 0 spiro atoms. The van der Waals surface area contributed by atoms with E-state index < -0.39 is 18.3 Å². The summed E-state index contributed by atoms with van der Waals surface area (Å²) in [6.07, 6.45) is -1.97. The van der Waals surface area contributed by atoms with E-state index in [4.69, 9.17) is 4.74 Å². The maximum absolute atomic E-state index is 13.4. The molecule has 154 valence electrons. The minimum atomic E-state index is -2.68. The number of amides is 1. The van der Waals surface area contributed by atoms with Gasteiger partial charge in [-0.05, 0) is 32.4 Å². The first-order valence-corrected chi connectivity index (χ1v) is 9.70. The lowest BCUT2D eigenvalue weighted by molar-refractivity contribution is -0.116. The third-order valence-electron chi connectivity index (χ3n) is 4.35. The summed E-state index contributed by atoms with van der Waals surface area (Å²) in [4.78, 5) is 29.8. The number of hydrogen-bond donors (Lipinski definition) is 1. The van der Waals surface area contributed by atoms with Crippen molar-refractivity contribution in [2.24, 2.45) is 0 Å². The first kappa shape index (κ1) is 20.8. The summed E-state index contributed by atoms with van der Waals surface area (Å²) in [5, 5.41) is 7.55. The number of aryl methyl sites for hydroxylation is 3. The Balaban J connectivity index is 1.92. The van der Waals surface area contributed by atoms with Crippen molar-refractivity contribution in [2.75, 3.05) is 12.4 Å². The molecule has 0 aliphatic carbocycles. The fourth-order valence-electron chi connectivity index (χ4n) is 3.07. The summed E-state index contributed by atoms with van der Waals surface area (Å²) < 4.78 is 32.9. The van der Waals surface area contributed by atoms with E-state index >= 15 is 0 Å². The summed E-state index contributed by atoms with van der Waals surface area (Å²) in [6, 6.07) is 3.01. The molecule has 0 aliphatic rings. The fourth-order valence-corrected chi connectivity index (χ4v) is 4.07. The van der Waals surface area contributed by atoms with E-state index in [1.54, 1.807) is 19.9 Å². The molecule has 10 heteroatoms. The Hall–Kier alpha value is -2.88. The first-order chi connectivity index (χ1) is 13.7. The molecule has 0 saturated heterocycles. The third kappa shape index (κ3) is 4.12. The SMILES string of the molecule is CCc1cc(C(=O)OC)c(NC(=O)Cn2nc(C)c3c(C(F)F)cc(C)nc32)s1. The molecular formula is C19H20F2N4O3S. The lowest BCUT2D eigenvalue weighted by Gasteiger charge is -2.07. The van der Waals surface area contributed by atoms with E-state index in [9.17, 15) is 18.4 Å². The number of nitrogens with zero attached hydrogens (tertiary/aromatic N) is 3. The number of esters is 1. The molecule has 1 amide bonds. The molecule has 29 heavy (non-hydrogen) atoms. The van der Waals surface area contributed by atoms with Gasteiger partial charge in [0.05, 0.1) is 23.8 Å². The minimum absolute atomic E-state index is 0.157. The van der Waals surface area contributed by atoms with Gasteiger partial charge < -0.3 is 10.1 Å². The van der Waals surface area contributed by atoms with Crippen molar-refractivity contribution < 1.29 is 23.1 Å². The second kappa shape index (κ2) is 8.24. The zero-order valence-electron chi connectivity index (χ0n) is 16.4. The fraction of sp³-hybridized carbons (Fsp3) is 0.368. The number of aromatic nitrogens is 3. The van der Waals surface area contributed by atoms with Crippen molar-refractivity contribution in [2.45, 2.75) is 40.2 Å². The van der Waals surface area contributed by atoms with Gasteiger partial charge in [0.15, 0.2) is 5.65 Å². The molecule has 0 radical (unpaired) electrons. The number of alkyl halides is 2. The first-order valence-electron chi connectivity index (χ1n) is 8.88. The zero-order valence-corrected chi connectivity index (χ0v) is 17.2. The molecule has 0 fully saturated rings. The predicted molar refractivity (Wildman–Crippen MR) is 106 cm³/mol. The van der Waals surface area contributed by atoms with Crippen molar-refractivity contribution in [1.29, 1.82) is 0 Å². The van der Waals surface area contributed by atoms with Gasteiger partial charge in [-0.25, -0.2) is 23.2 Å². The average Bonchev–Trinajstić information content (AvgIpc) is 3.21. The van der Waals surface area contributed by atoms with Crippen molar-refractivity contribution in [3.05, 3.63) is 39.5 Å². The average molecular weight is 422 g/mol. The zero-order chi connectivity index (χ0) is 21.3. The number of rotatable bonds is 6. The Labute approximate surface area is 169 Å². The largest absolute Gasteiger partial charge is 0.465 e. The topological polar surface area (TPSA) is 86.1 Å². The number of carbonyl (C=O) groups is 2. The van der Waals surface area contributed by atoms with Gasteiger partial charge in [-0.1, -0.05) is 6.92 Å². The van der Waals surface area contributed by atoms with Crippen molar-refractivity contribution in [3.8, 4) is 0 Å². The highest BCUT2D eigenvalue weighted by atomic mass is 32.1. The Morgan fingerprint density at radius 3 is 2.66 bits per heavy atom. The maximum Gasteiger partial charge on any atom is 0.340 e. The molecule has 0 unspecified atom stereocenters. The van der Waals surface area contributed by atoms with Crippen molar-refractivity contribution >= 4 is 39.2 Å². The summed E-state index contributed by atoms with van der Waals surface area (Å²) in [5.41, 5.74) is 1.12. The second-order valence-electron chi connectivity index (χ2n) is 6.44. The predicted octanol–water partition coefficient (Wildman–Crippen LogP) is 4.03. The second-order valence-corrected chi connectivity index (χ2v) is 7.58. The molecule has 0 bridgehead atoms. The van der Waals surface area contributed by atoms with Crippen LogP contribution in [0.2, 0.25) is 0 Å². The Kier molecular flexibility index (Phi) is 5.92. The van der Waals surface area contributed by atoms with Crippen LogP contribution >= 0.6 is 11.3 Å². The number of carbonyl (C=O) groups excluding carboxylic acids is 2. The lowest BCUT2D eigenvalue weighted by atomic mass is 10.1. The van der Waals surface area contributed by atoms with E-state index in [-0.39, 0.29) is 28.7 Å². The van der Waals surface area contributed by atoms with Crippen LogP contribution in [0.4, 0.5) is 13.8 Å². The lowest BCUT2D eigenvalue weighted by Crippen LogP contribution is -2.20. The molecule has 3 aromatic rings. The molecule has 3 heterocycles. The summed E-state index contributed by atoms with van der Waals surface area (Å²) in [5.74, 6) is -0.999. The van der Waals surface area contributed by atoms with E-state index in [0.29, 0.717) is 22.8 Å². The number of fused-ring (bicyclic) bond motifs is 1. The number of nitrogens with one attached hydrogen (secondary N) is 1. The third-order valence-corrected chi connectivity index (χ3v) is 5.55. The van der Waals surface area contributed by atoms with Crippen LogP contribution in [0.5, 0.6) is 0 Å². The Morgan fingerprint density at radius 1 is 1.31 bits per heavy atom. The normalized spacial score (nSPS) is 11.3. The van der Waals surface area contributed by atoms with Gasteiger partial charge in [0.2, 0.25) is 5.91 Å². The minimum Gasteiger partial charge on any atom is -0.465 e. The molecule has 0 atom stereocenters. The standard InChI is InChI=1S/C19H20F2N4O3S/c1-5-11-7-13(19(27)28-4)18(29-11)23-14(26)8-25-17-15(10(3)24-25)12(16(20)21)6-9(2)22-17/h6-7,16H,5,8H2,1-4H3,(H,23,26). The van der Waals surface area contributed by atoms with Crippen LogP contribution in [-0.4, -0.2) is 33.8 Å². The number of ether oxygens (including phenoxy) is 1. The van der Waals surface area contributed by atoms with Crippen LogP contribution in [-0.2, 0) is 22.5 Å². The Morgan fingerprint density at radius 2 is 2.03 bits per heavy atom. The number of halogens is 2. The van der Waals surface area contributed by atoms with Crippen LogP contribution in [0, 0.1) is 13.8 Å². The van der Waals surface area contributed by atoms with Crippen molar-refractivity contribution in [3.63, 3.8) is 0 Å². The monoisotopic (exact) mass is 422 g/mol. The van der Waals surface area contributed by atoms with Crippen LogP contribution in [0.3, 0.4) is 0 Å². The van der Waals surface area contributed by atoms with Gasteiger partial charge in [0.1, 0.15) is 11.5 Å². The highest BCUT2D eigenvalue weighted by molar-refractivity contribution is 7.16. The maximum atomic E-state index is 13.4. The van der Waals surface area contributed by atoms with Gasteiger partial charge in [-0.3, -0.25) is 4.79 Å². The van der Waals surface area contributed by atoms with E-state index in [1.807, 2.05) is 6.92 Å². The van der Waals surface area contributed by atoms with Gasteiger partial charge in [0.25, 0.3) is 6.43 Å². The highest BCUT2D eigenvalue weighted by Crippen LogP contribution is 2.31. The number of pyridine rings is 1. The van der Waals surface area contributed by atoms with Crippen LogP contribution in [0.25, 0.3) is 11.0 Å². The van der Waals surface area contributed by atoms with Crippen molar-refractivity contribution in [1.82, 2.24) is 14.8 Å². The number of thiophene rings is 1. The molecule has 3 aromatic heterocycles. The van der Waals surface area contributed by atoms with E-state index in [1.165, 1.54) is 29.2 Å². The van der Waals surface area contributed by atoms with Gasteiger partial charge in [0, 0.05) is 16.1 Å². The van der Waals surface area contributed by atoms with Crippen LogP contribution < -0.4 is 5.32 Å². The van der Waals surface area contributed by atoms with Gasteiger partial charge >= 0.3 is 5.97 Å². The smallest absolute Gasteiger partial charge is 0.340 e. The number of hydrogen-bond acceptors (Lipinski definition) is 6. The molecule has 0 aliphatic heterocycles. The molecule has 0 aromatic carbocycles. The molecule has 0 saturated carbocycles. The Bertz CT molecular complexity index is 1090.